The Labute approximate surface area is 122 Å². The first-order valence-corrected chi connectivity index (χ1v) is 8.13. The van der Waals surface area contributed by atoms with Crippen LogP contribution in [0.4, 0.5) is 0 Å². The fraction of sp³-hybridized carbons (Fsp3) is 0.467. The highest BCUT2D eigenvalue weighted by molar-refractivity contribution is 7.99. The van der Waals surface area contributed by atoms with Gasteiger partial charge in [0, 0.05) is 6.04 Å². The second kappa shape index (κ2) is 5.87. The average molecular weight is 290 g/mol. The predicted octanol–water partition coefficient (Wildman–Crippen LogP) is 2.44. The van der Waals surface area contributed by atoms with E-state index in [1.54, 1.807) is 0 Å². The molecule has 0 bridgehead atoms. The predicted molar refractivity (Wildman–Crippen MR) is 80.7 cm³/mol. The van der Waals surface area contributed by atoms with Crippen LogP contribution in [-0.2, 0) is 4.79 Å². The van der Waals surface area contributed by atoms with Gasteiger partial charge in [-0.1, -0.05) is 18.9 Å². The molecule has 1 saturated carbocycles. The number of H-pyrrole nitrogens is 2. The van der Waals surface area contributed by atoms with Crippen molar-refractivity contribution in [2.75, 3.05) is 5.75 Å². The number of fused-ring (bicyclic) bond motifs is 1. The molecule has 1 fully saturated rings. The maximum atomic E-state index is 11.9. The minimum absolute atomic E-state index is 0.130. The molecular formula is C15H20N3OS+. The number of carbonyl (C=O) groups excluding carboxylic acids is 1. The van der Waals surface area contributed by atoms with Crippen LogP contribution in [0.3, 0.4) is 0 Å². The molecule has 1 amide bonds. The van der Waals surface area contributed by atoms with Gasteiger partial charge in [-0.15, -0.1) is 0 Å². The number of thioether (sulfide) groups is 1. The van der Waals surface area contributed by atoms with Crippen LogP contribution in [0.25, 0.3) is 11.0 Å². The summed E-state index contributed by atoms with van der Waals surface area (Å²) in [5, 5.41) is 4.04. The summed E-state index contributed by atoms with van der Waals surface area (Å²) >= 11 is 1.52. The van der Waals surface area contributed by atoms with Crippen molar-refractivity contribution >= 4 is 28.7 Å². The van der Waals surface area contributed by atoms with Crippen LogP contribution in [0.1, 0.15) is 31.2 Å². The summed E-state index contributed by atoms with van der Waals surface area (Å²) in [6.07, 6.45) is 4.75. The number of aromatic amines is 2. The molecule has 106 valence electrons. The van der Waals surface area contributed by atoms with Crippen LogP contribution in [0.5, 0.6) is 0 Å². The Hall–Kier alpha value is -1.49. The first-order chi connectivity index (χ1) is 9.70. The van der Waals surface area contributed by atoms with E-state index in [0.717, 1.165) is 29.0 Å². The van der Waals surface area contributed by atoms with Crippen molar-refractivity contribution in [1.29, 1.82) is 0 Å². The highest BCUT2D eigenvalue weighted by Gasteiger charge is 2.18. The Balaban J connectivity index is 1.57. The number of nitrogens with one attached hydrogen (secondary N) is 3. The third-order valence-electron chi connectivity index (χ3n) is 3.74. The van der Waals surface area contributed by atoms with Crippen LogP contribution in [0, 0.1) is 6.92 Å². The lowest BCUT2D eigenvalue weighted by Crippen LogP contribution is -2.34. The molecule has 1 aromatic heterocycles. The average Bonchev–Trinajstić information content (AvgIpc) is 3.04. The molecule has 5 heteroatoms. The zero-order chi connectivity index (χ0) is 13.9. The Morgan fingerprint density at radius 1 is 1.45 bits per heavy atom. The molecule has 0 saturated heterocycles. The maximum Gasteiger partial charge on any atom is 0.315 e. The number of hydrogen-bond acceptors (Lipinski definition) is 2. The summed E-state index contributed by atoms with van der Waals surface area (Å²) in [7, 11) is 0. The van der Waals surface area contributed by atoms with E-state index in [-0.39, 0.29) is 5.91 Å². The molecule has 3 N–H and O–H groups in total. The lowest BCUT2D eigenvalue weighted by Gasteiger charge is -2.10. The Morgan fingerprint density at radius 2 is 2.25 bits per heavy atom. The summed E-state index contributed by atoms with van der Waals surface area (Å²) in [6, 6.07) is 6.64. The zero-order valence-electron chi connectivity index (χ0n) is 11.7. The molecule has 0 aliphatic heterocycles. The van der Waals surface area contributed by atoms with Crippen molar-refractivity contribution in [3.63, 3.8) is 0 Å². The van der Waals surface area contributed by atoms with Gasteiger partial charge in [0.15, 0.2) is 11.0 Å². The van der Waals surface area contributed by atoms with Crippen molar-refractivity contribution in [3.8, 4) is 0 Å². The zero-order valence-corrected chi connectivity index (χ0v) is 12.5. The molecule has 4 nitrogen and oxygen atoms in total. The number of benzene rings is 1. The smallest absolute Gasteiger partial charge is 0.315 e. The number of aromatic nitrogens is 2. The van der Waals surface area contributed by atoms with Crippen molar-refractivity contribution in [2.45, 2.75) is 43.8 Å². The molecule has 20 heavy (non-hydrogen) atoms. The Bertz CT molecular complexity index is 617. The molecule has 3 rings (SSSR count). The molecule has 0 spiro atoms. The van der Waals surface area contributed by atoms with E-state index >= 15 is 0 Å². The van der Waals surface area contributed by atoms with Gasteiger partial charge in [0.25, 0.3) is 0 Å². The van der Waals surface area contributed by atoms with Crippen molar-refractivity contribution in [1.82, 2.24) is 10.3 Å². The topological polar surface area (TPSA) is 59.0 Å². The normalized spacial score (nSPS) is 15.8. The summed E-state index contributed by atoms with van der Waals surface area (Å²) in [4.78, 5) is 18.5. The van der Waals surface area contributed by atoms with E-state index in [9.17, 15) is 4.79 Å². The van der Waals surface area contributed by atoms with Crippen LogP contribution in [-0.4, -0.2) is 22.7 Å². The van der Waals surface area contributed by atoms with Gasteiger partial charge in [-0.3, -0.25) is 4.79 Å². The molecule has 0 atom stereocenters. The summed E-state index contributed by atoms with van der Waals surface area (Å²) in [6.45, 7) is 2.07. The van der Waals surface area contributed by atoms with Gasteiger partial charge in [0.1, 0.15) is 0 Å². The summed E-state index contributed by atoms with van der Waals surface area (Å²) in [5.41, 5.74) is 3.39. The van der Waals surface area contributed by atoms with E-state index in [4.69, 9.17) is 0 Å². The van der Waals surface area contributed by atoms with Gasteiger partial charge < -0.3 is 5.32 Å². The molecule has 1 heterocycles. The first kappa shape index (κ1) is 13.5. The summed E-state index contributed by atoms with van der Waals surface area (Å²) in [5.74, 6) is 0.587. The van der Waals surface area contributed by atoms with E-state index < -0.39 is 0 Å². The first-order valence-electron chi connectivity index (χ1n) is 7.14. The molecule has 0 unspecified atom stereocenters. The van der Waals surface area contributed by atoms with E-state index in [1.165, 1.54) is 30.2 Å². The van der Waals surface area contributed by atoms with Gasteiger partial charge >= 0.3 is 5.16 Å². The minimum atomic E-state index is 0.130. The molecule has 2 aromatic rings. The quantitative estimate of drug-likeness (QED) is 0.850. The number of carbonyl (C=O) groups is 1. The lowest BCUT2D eigenvalue weighted by molar-refractivity contribution is -0.396. The van der Waals surface area contributed by atoms with Crippen LogP contribution in [0.2, 0.25) is 0 Å². The van der Waals surface area contributed by atoms with Gasteiger partial charge in [-0.05, 0) is 49.2 Å². The summed E-state index contributed by atoms with van der Waals surface area (Å²) < 4.78 is 0. The monoisotopic (exact) mass is 290 g/mol. The fourth-order valence-corrected chi connectivity index (χ4v) is 3.42. The van der Waals surface area contributed by atoms with Crippen LogP contribution in [0.15, 0.2) is 23.4 Å². The maximum absolute atomic E-state index is 11.9. The lowest BCUT2D eigenvalue weighted by atomic mass is 10.2. The van der Waals surface area contributed by atoms with Crippen molar-refractivity contribution < 1.29 is 9.78 Å². The van der Waals surface area contributed by atoms with Gasteiger partial charge in [0.05, 0.1) is 5.75 Å². The SMILES string of the molecule is Cc1ccc2[nH+]c(SCC(=O)NC3CCCC3)[nH]c2c1. The number of imidazole rings is 1. The van der Waals surface area contributed by atoms with Gasteiger partial charge in [0.2, 0.25) is 5.91 Å². The Kier molecular flexibility index (Phi) is 3.96. The Morgan fingerprint density at radius 3 is 3.05 bits per heavy atom. The van der Waals surface area contributed by atoms with E-state index in [2.05, 4.69) is 40.4 Å². The molecule has 1 aliphatic carbocycles. The number of amides is 1. The number of hydrogen-bond donors (Lipinski definition) is 2. The van der Waals surface area contributed by atoms with Crippen LogP contribution >= 0.6 is 11.8 Å². The fourth-order valence-electron chi connectivity index (χ4n) is 2.70. The minimum Gasteiger partial charge on any atom is -0.353 e. The highest BCUT2D eigenvalue weighted by Crippen LogP contribution is 2.19. The molecule has 1 aromatic carbocycles. The van der Waals surface area contributed by atoms with E-state index in [1.807, 2.05) is 0 Å². The van der Waals surface area contributed by atoms with E-state index in [0.29, 0.717) is 11.8 Å². The number of rotatable bonds is 4. The molecular weight excluding hydrogens is 270 g/mol. The van der Waals surface area contributed by atoms with Gasteiger partial charge in [-0.2, -0.15) is 0 Å². The van der Waals surface area contributed by atoms with Crippen molar-refractivity contribution in [2.24, 2.45) is 0 Å². The molecule has 1 aliphatic rings. The second-order valence-electron chi connectivity index (χ2n) is 5.47. The third-order valence-corrected chi connectivity index (χ3v) is 4.64. The number of aryl methyl sites for hydroxylation is 1. The van der Waals surface area contributed by atoms with Gasteiger partial charge in [-0.25, -0.2) is 9.97 Å². The highest BCUT2D eigenvalue weighted by atomic mass is 32.2. The van der Waals surface area contributed by atoms with Crippen molar-refractivity contribution in [3.05, 3.63) is 23.8 Å². The largest absolute Gasteiger partial charge is 0.353 e. The molecule has 0 radical (unpaired) electrons. The van der Waals surface area contributed by atoms with Crippen LogP contribution < -0.4 is 10.3 Å². The third kappa shape index (κ3) is 3.15. The standard InChI is InChI=1S/C15H19N3OS/c1-10-6-7-12-13(8-10)18-15(17-12)20-9-14(19)16-11-4-2-3-5-11/h6-8,11H,2-5,9H2,1H3,(H,16,19)(H,17,18)/p+1. The second-order valence-corrected chi connectivity index (χ2v) is 6.45.